The van der Waals surface area contributed by atoms with Gasteiger partial charge in [0.15, 0.2) is 12.6 Å². The number of nitrogens with one attached hydrogen (secondary N) is 2. The minimum Gasteiger partial charge on any atom is -0.388 e. The summed E-state index contributed by atoms with van der Waals surface area (Å²) < 4.78 is 10.8. The molecule has 3 aromatic carbocycles. The number of nitro groups is 6. The molecular weight excluding hydrogens is 806 g/mol. The molecule has 2 fully saturated rings. The third-order valence-corrected chi connectivity index (χ3v) is 9.38. The molecule has 0 radical (unpaired) electrons. The molecule has 0 saturated carbocycles. The lowest BCUT2D eigenvalue weighted by atomic mass is 9.93. The molecule has 10 atom stereocenters. The molecule has 59 heavy (non-hydrogen) atoms. The lowest BCUT2D eigenvalue weighted by Gasteiger charge is -2.45. The predicted octanol–water partition coefficient (Wildman–Crippen LogP) is -0.218. The average Bonchev–Trinajstić information content (AvgIpc) is 3.18. The molecule has 0 aliphatic carbocycles. The lowest BCUT2D eigenvalue weighted by molar-refractivity contribution is -0.394. The molecule has 0 bridgehead atoms. The van der Waals surface area contributed by atoms with Crippen molar-refractivity contribution in [2.24, 2.45) is 0 Å². The first-order valence-corrected chi connectivity index (χ1v) is 16.7. The van der Waals surface area contributed by atoms with Gasteiger partial charge in [0.25, 0.3) is 34.1 Å². The molecule has 316 valence electrons. The van der Waals surface area contributed by atoms with Crippen molar-refractivity contribution < 1.29 is 69.7 Å². The maximum absolute atomic E-state index is 12.3. The van der Waals surface area contributed by atoms with Crippen molar-refractivity contribution in [1.82, 2.24) is 0 Å². The third-order valence-electron chi connectivity index (χ3n) is 9.38. The van der Waals surface area contributed by atoms with Gasteiger partial charge in [0.05, 0.1) is 59.8 Å². The van der Waals surface area contributed by atoms with Gasteiger partial charge in [-0.2, -0.15) is 0 Å². The van der Waals surface area contributed by atoms with E-state index in [9.17, 15) is 91.3 Å². The van der Waals surface area contributed by atoms with E-state index >= 15 is 0 Å². The molecule has 29 heteroatoms. The largest absolute Gasteiger partial charge is 0.388 e. The predicted molar refractivity (Wildman–Crippen MR) is 192 cm³/mol. The summed E-state index contributed by atoms with van der Waals surface area (Å²) in [6.07, 6.45) is -16.1. The Kier molecular flexibility index (Phi) is 12.7. The highest BCUT2D eigenvalue weighted by Crippen LogP contribution is 2.37. The average molecular weight is 838 g/mol. The summed E-state index contributed by atoms with van der Waals surface area (Å²) in [7, 11) is 0. The topological polar surface area (TPSA) is 426 Å². The molecule has 0 aromatic heterocycles. The fraction of sp³-hybridized carbons (Fsp3) is 0.400. The molecule has 3 aromatic rings. The van der Waals surface area contributed by atoms with Crippen LogP contribution < -0.4 is 15.5 Å². The van der Waals surface area contributed by atoms with E-state index in [1.54, 1.807) is 0 Å². The summed E-state index contributed by atoms with van der Waals surface area (Å²) >= 11 is 0. The van der Waals surface area contributed by atoms with Gasteiger partial charge in [-0.3, -0.25) is 60.7 Å². The van der Waals surface area contributed by atoms with Gasteiger partial charge in [-0.1, -0.05) is 0 Å². The monoisotopic (exact) mass is 837 g/mol. The van der Waals surface area contributed by atoms with Crippen molar-refractivity contribution in [3.8, 4) is 0 Å². The minimum atomic E-state index is -2.20. The van der Waals surface area contributed by atoms with E-state index in [4.69, 9.17) is 9.47 Å². The van der Waals surface area contributed by atoms with E-state index in [2.05, 4.69) is 10.6 Å². The van der Waals surface area contributed by atoms with Crippen LogP contribution in [0.25, 0.3) is 0 Å². The Labute approximate surface area is 326 Å². The van der Waals surface area contributed by atoms with E-state index in [1.807, 2.05) is 0 Å². The molecule has 0 amide bonds. The minimum absolute atomic E-state index is 0.475. The van der Waals surface area contributed by atoms with E-state index in [-0.39, 0.29) is 0 Å². The Morgan fingerprint density at radius 3 is 1.17 bits per heavy atom. The summed E-state index contributed by atoms with van der Waals surface area (Å²) in [5.74, 6) is 0. The number of anilines is 3. The zero-order valence-electron chi connectivity index (χ0n) is 29.4. The summed E-state index contributed by atoms with van der Waals surface area (Å²) in [5.41, 5.74) is -6.32. The van der Waals surface area contributed by atoms with Crippen molar-refractivity contribution >= 4 is 51.2 Å². The van der Waals surface area contributed by atoms with Crippen LogP contribution in [0.15, 0.2) is 54.6 Å². The molecule has 5 rings (SSSR count). The Balaban J connectivity index is 1.52. The highest BCUT2D eigenvalue weighted by atomic mass is 16.7. The molecule has 0 spiro atoms. The van der Waals surface area contributed by atoms with Crippen LogP contribution in [-0.4, -0.2) is 135 Å². The smallest absolute Gasteiger partial charge is 0.299 e. The van der Waals surface area contributed by atoms with Crippen LogP contribution in [0.2, 0.25) is 0 Å². The van der Waals surface area contributed by atoms with Gasteiger partial charge in [0.2, 0.25) is 0 Å². The van der Waals surface area contributed by atoms with Crippen LogP contribution in [0.3, 0.4) is 0 Å². The van der Waals surface area contributed by atoms with Gasteiger partial charge >= 0.3 is 0 Å². The number of ether oxygens (including phenoxy) is 2. The van der Waals surface area contributed by atoms with Crippen molar-refractivity contribution in [3.05, 3.63) is 115 Å². The second-order valence-corrected chi connectivity index (χ2v) is 13.0. The Hall–Kier alpha value is -6.86. The number of hydrogen-bond acceptors (Lipinski definition) is 23. The van der Waals surface area contributed by atoms with Crippen LogP contribution >= 0.6 is 0 Å². The number of rotatable bonds is 15. The van der Waals surface area contributed by atoms with Crippen molar-refractivity contribution in [2.45, 2.75) is 61.3 Å². The van der Waals surface area contributed by atoms with Gasteiger partial charge in [0.1, 0.15) is 53.7 Å². The highest BCUT2D eigenvalue weighted by Gasteiger charge is 2.48. The fourth-order valence-corrected chi connectivity index (χ4v) is 6.46. The van der Waals surface area contributed by atoms with Gasteiger partial charge < -0.3 is 55.6 Å². The van der Waals surface area contributed by atoms with E-state index in [1.165, 1.54) is 0 Å². The van der Waals surface area contributed by atoms with Crippen molar-refractivity contribution in [3.63, 3.8) is 0 Å². The number of nitrogens with zero attached hydrogens (tertiary/aromatic N) is 7. The fourth-order valence-electron chi connectivity index (χ4n) is 6.46. The van der Waals surface area contributed by atoms with Crippen LogP contribution in [0.4, 0.5) is 51.2 Å². The highest BCUT2D eigenvalue weighted by molar-refractivity contribution is 5.68. The summed E-state index contributed by atoms with van der Waals surface area (Å²) in [4.78, 5) is 64.8. The molecule has 2 saturated heterocycles. The molecular formula is C30H31N9O20. The number of non-ortho nitro benzene ring substituents is 3. The molecule has 2 unspecified atom stereocenters. The van der Waals surface area contributed by atoms with Crippen LogP contribution in [-0.2, 0) is 9.47 Å². The molecule has 29 nitrogen and oxygen atoms in total. The zero-order valence-corrected chi connectivity index (χ0v) is 29.4. The maximum Gasteiger partial charge on any atom is 0.299 e. The maximum atomic E-state index is 12.3. The Bertz CT molecular complexity index is 2050. The number of nitro benzene ring substituents is 6. The number of aliphatic hydroxyl groups excluding tert-OH is 6. The SMILES string of the molecule is O=[N+]([O-])c1ccc(N[C@H]2[C@H](O)[C@@H](CN(C[C@H]3OC(O)[C@H](O)[C@@H](Nc4ccc([N+](=O)[O-])cc4[N+](=O)[O-])[C@@H]3O)c3ccc([N+](=O)[O-])cc3[N+](=O)[O-])OC(O)[C@@H]2O)c([N+](=O)[O-])c1. The van der Waals surface area contributed by atoms with Gasteiger partial charge in [-0.15, -0.1) is 0 Å². The quantitative estimate of drug-likeness (QED) is 0.0724. The van der Waals surface area contributed by atoms with Gasteiger partial charge in [-0.25, -0.2) is 0 Å². The first kappa shape index (κ1) is 43.3. The standard InChI is InChI=1S/C30H31N9O20/c40-25-21(58-29(44)27(42)23(25)31-15-4-1-12(34(46)47)7-18(15)37(52)53)10-33(17-6-3-14(36(50)51)9-20(17)39(56)57)11-22-26(41)24(28(43)30(45)59-22)32-16-5-2-13(35(48)49)8-19(16)38(54)55/h1-9,21-32,40-45H,10-11H2/t21-,22-,23+,24+,25-,26-,27-,28-,29?,30?/m1/s1. The molecule has 8 N–H and O–H groups in total. The van der Waals surface area contributed by atoms with Crippen molar-refractivity contribution in [1.29, 1.82) is 0 Å². The second kappa shape index (κ2) is 17.3. The molecule has 2 heterocycles. The molecule has 2 aliphatic heterocycles. The van der Waals surface area contributed by atoms with Crippen molar-refractivity contribution in [2.75, 3.05) is 28.6 Å². The Morgan fingerprint density at radius 2 is 0.831 bits per heavy atom. The van der Waals surface area contributed by atoms with Crippen LogP contribution in [0.5, 0.6) is 0 Å². The summed E-state index contributed by atoms with van der Waals surface area (Å²) in [6.45, 7) is -1.64. The van der Waals surface area contributed by atoms with E-state index in [0.29, 0.717) is 18.2 Å². The molecule has 2 aliphatic rings. The van der Waals surface area contributed by atoms with Crippen LogP contribution in [0.1, 0.15) is 0 Å². The van der Waals surface area contributed by atoms with Gasteiger partial charge in [0, 0.05) is 31.3 Å². The normalized spacial score (nSPS) is 26.6. The van der Waals surface area contributed by atoms with Gasteiger partial charge in [-0.05, 0) is 18.2 Å². The number of benzene rings is 3. The third kappa shape index (κ3) is 9.16. The number of hydrogen-bond donors (Lipinski definition) is 8. The van der Waals surface area contributed by atoms with Crippen LogP contribution in [0, 0.1) is 60.7 Å². The first-order valence-electron chi connectivity index (χ1n) is 16.7. The zero-order chi connectivity index (χ0) is 43.6. The summed E-state index contributed by atoms with van der Waals surface area (Å²) in [6, 6.07) is 3.34. The first-order chi connectivity index (χ1) is 27.7. The Morgan fingerprint density at radius 1 is 0.492 bits per heavy atom. The second-order valence-electron chi connectivity index (χ2n) is 13.0. The van der Waals surface area contributed by atoms with E-state index in [0.717, 1.165) is 41.3 Å². The number of aliphatic hydroxyl groups is 6. The summed E-state index contributed by atoms with van der Waals surface area (Å²) in [5, 5.41) is 140. The van der Waals surface area contributed by atoms with E-state index < -0.39 is 155 Å². The lowest BCUT2D eigenvalue weighted by Crippen LogP contribution is -2.64.